The molecule has 2 aromatic heterocycles. The molecule has 0 radical (unpaired) electrons. The van der Waals surface area contributed by atoms with E-state index in [0.717, 1.165) is 104 Å². The van der Waals surface area contributed by atoms with Crippen LogP contribution >= 0.6 is 0 Å². The molecule has 0 atom stereocenters. The van der Waals surface area contributed by atoms with Gasteiger partial charge in [-0.3, -0.25) is 0 Å². The maximum atomic E-state index is 5.96. The normalized spacial score (nSPS) is 13.2. The average Bonchev–Trinajstić information content (AvgIpc) is 3.64. The molecule has 0 fully saturated rings. The first-order valence-electron chi connectivity index (χ1n) is 15.5. The number of unbranched alkanes of at least 4 members (excludes halogenated alkanes) is 1. The molecule has 8 nitrogen and oxygen atoms in total. The van der Waals surface area contributed by atoms with E-state index in [9.17, 15) is 0 Å². The summed E-state index contributed by atoms with van der Waals surface area (Å²) < 4.78 is 33.7. The van der Waals surface area contributed by atoms with Gasteiger partial charge >= 0.3 is 0 Å². The van der Waals surface area contributed by atoms with Crippen molar-refractivity contribution in [1.82, 2.24) is 10.3 Å². The van der Waals surface area contributed by atoms with E-state index in [2.05, 4.69) is 36.0 Å². The van der Waals surface area contributed by atoms with Crippen LogP contribution in [0.5, 0.6) is 5.75 Å². The topological polar surface area (TPSA) is 89.0 Å². The molecule has 232 valence electrons. The zero-order chi connectivity index (χ0) is 30.1. The van der Waals surface area contributed by atoms with E-state index in [1.807, 2.05) is 43.3 Å². The van der Waals surface area contributed by atoms with Gasteiger partial charge in [-0.15, -0.1) is 0 Å². The molecule has 0 saturated carbocycles. The molecule has 0 amide bonds. The Bertz CT molecular complexity index is 1300. The second kappa shape index (κ2) is 18.1. The first-order valence-corrected chi connectivity index (χ1v) is 15.5. The fourth-order valence-electron chi connectivity index (χ4n) is 4.73. The van der Waals surface area contributed by atoms with Crippen LogP contribution in [-0.4, -0.2) is 50.0 Å². The molecule has 0 aliphatic heterocycles. The van der Waals surface area contributed by atoms with E-state index in [-0.39, 0.29) is 0 Å². The lowest BCUT2D eigenvalue weighted by atomic mass is 9.95. The van der Waals surface area contributed by atoms with Crippen molar-refractivity contribution in [1.29, 1.82) is 0 Å². The summed E-state index contributed by atoms with van der Waals surface area (Å²) >= 11 is 0. The Morgan fingerprint density at radius 3 is 2.26 bits per heavy atom. The zero-order valence-electron chi connectivity index (χ0n) is 25.8. The van der Waals surface area contributed by atoms with Crippen LogP contribution in [0.4, 0.5) is 0 Å². The Hall–Kier alpha value is -3.62. The summed E-state index contributed by atoms with van der Waals surface area (Å²) in [5.74, 6) is 3.52. The average molecular weight is 591 g/mol. The van der Waals surface area contributed by atoms with Gasteiger partial charge in [-0.05, 0) is 82.6 Å². The smallest absolute Gasteiger partial charge is 0.137 e. The Kier molecular flexibility index (Phi) is 13.6. The molecule has 2 heterocycles. The summed E-state index contributed by atoms with van der Waals surface area (Å²) in [7, 11) is 0. The summed E-state index contributed by atoms with van der Waals surface area (Å²) in [6.45, 7) is 12.1. The third kappa shape index (κ3) is 12.3. The third-order valence-corrected chi connectivity index (χ3v) is 7.14. The number of aryl methyl sites for hydroxylation is 5. The highest BCUT2D eigenvalue weighted by molar-refractivity contribution is 5.37. The molecule has 1 aromatic carbocycles. The Labute approximate surface area is 255 Å². The lowest BCUT2D eigenvalue weighted by Crippen LogP contribution is -2.07. The zero-order valence-corrected chi connectivity index (χ0v) is 25.8. The Morgan fingerprint density at radius 2 is 1.44 bits per heavy atom. The molecule has 0 spiro atoms. The van der Waals surface area contributed by atoms with Gasteiger partial charge in [0.15, 0.2) is 0 Å². The number of ether oxygens (including phenoxy) is 4. The van der Waals surface area contributed by atoms with Gasteiger partial charge in [0.05, 0.1) is 24.6 Å². The fourth-order valence-corrected chi connectivity index (χ4v) is 4.73. The van der Waals surface area contributed by atoms with Crippen molar-refractivity contribution >= 4 is 0 Å². The minimum absolute atomic E-state index is 0.562. The van der Waals surface area contributed by atoms with Gasteiger partial charge in [0.1, 0.15) is 29.6 Å². The van der Waals surface area contributed by atoms with Crippen molar-refractivity contribution in [2.75, 3.05) is 39.6 Å². The van der Waals surface area contributed by atoms with Gasteiger partial charge in [0.25, 0.3) is 0 Å². The molecule has 43 heavy (non-hydrogen) atoms. The number of aromatic nitrogens is 2. The number of hydrogen-bond donors (Lipinski definition) is 0. The predicted molar refractivity (Wildman–Crippen MR) is 166 cm³/mol. The van der Waals surface area contributed by atoms with Crippen molar-refractivity contribution in [3.05, 3.63) is 101 Å². The van der Waals surface area contributed by atoms with Gasteiger partial charge < -0.3 is 28.0 Å². The van der Waals surface area contributed by atoms with Crippen LogP contribution in [0.2, 0.25) is 0 Å². The molecule has 1 aliphatic carbocycles. The summed E-state index contributed by atoms with van der Waals surface area (Å²) in [4.78, 5) is 0. The molecule has 8 heteroatoms. The van der Waals surface area contributed by atoms with Crippen molar-refractivity contribution in [2.45, 2.75) is 71.6 Å². The van der Waals surface area contributed by atoms with Gasteiger partial charge in [-0.25, -0.2) is 0 Å². The number of rotatable bonds is 21. The van der Waals surface area contributed by atoms with E-state index in [1.54, 1.807) is 0 Å². The van der Waals surface area contributed by atoms with Crippen LogP contribution in [0.1, 0.15) is 67.0 Å². The molecule has 1 aliphatic rings. The van der Waals surface area contributed by atoms with Crippen molar-refractivity contribution < 1.29 is 28.0 Å². The summed E-state index contributed by atoms with van der Waals surface area (Å²) in [5.41, 5.74) is 5.55. The van der Waals surface area contributed by atoms with Crippen LogP contribution in [0.25, 0.3) is 0 Å². The van der Waals surface area contributed by atoms with Crippen LogP contribution in [0.3, 0.4) is 0 Å². The van der Waals surface area contributed by atoms with E-state index in [1.165, 1.54) is 11.1 Å². The van der Waals surface area contributed by atoms with Crippen molar-refractivity contribution in [3.8, 4) is 5.75 Å². The van der Waals surface area contributed by atoms with E-state index in [0.29, 0.717) is 33.0 Å². The van der Waals surface area contributed by atoms with E-state index < -0.39 is 0 Å². The number of nitrogens with zero attached hydrogens (tertiary/aromatic N) is 2. The molecule has 0 unspecified atom stereocenters. The SMILES string of the molecule is C=C1CC(CCc2cc(CCCCOCCOc3ccc(C)cc3)no2)=CC=C1OCCCOCCCc1cc(C)on1. The standard InChI is InChI=1S/C35H46N2O6/c1-27-10-14-33(15-11-27)40-23-22-39-18-5-4-8-32-26-34(43-37-32)16-12-30-13-17-35(28(2)24-30)41-21-7-20-38-19-6-9-31-25-29(3)42-36-31/h10-11,13-15,17,25-26H,2,4-9,12,16,18-24H2,1,3H3. The number of allylic oxidation sites excluding steroid dienone is 4. The first-order chi connectivity index (χ1) is 21.0. The highest BCUT2D eigenvalue weighted by Gasteiger charge is 2.13. The van der Waals surface area contributed by atoms with Gasteiger partial charge in [0.2, 0.25) is 0 Å². The second-order valence-corrected chi connectivity index (χ2v) is 11.0. The van der Waals surface area contributed by atoms with Crippen LogP contribution in [0.15, 0.2) is 81.1 Å². The molecule has 3 aromatic rings. The molecular formula is C35H46N2O6. The predicted octanol–water partition coefficient (Wildman–Crippen LogP) is 7.46. The monoisotopic (exact) mass is 590 g/mol. The quantitative estimate of drug-likeness (QED) is 0.118. The molecule has 0 saturated heterocycles. The minimum atomic E-state index is 0.562. The molecule has 0 N–H and O–H groups in total. The van der Waals surface area contributed by atoms with E-state index >= 15 is 0 Å². The Morgan fingerprint density at radius 1 is 0.698 bits per heavy atom. The first kappa shape index (κ1) is 32.3. The highest BCUT2D eigenvalue weighted by atomic mass is 16.5. The van der Waals surface area contributed by atoms with Crippen LogP contribution in [0, 0.1) is 13.8 Å². The lowest BCUT2D eigenvalue weighted by Gasteiger charge is -2.18. The molecule has 0 bridgehead atoms. The van der Waals surface area contributed by atoms with Gasteiger partial charge in [-0.1, -0.05) is 46.2 Å². The largest absolute Gasteiger partial charge is 0.493 e. The van der Waals surface area contributed by atoms with Crippen LogP contribution < -0.4 is 4.74 Å². The minimum Gasteiger partial charge on any atom is -0.493 e. The molecular weight excluding hydrogens is 544 g/mol. The summed E-state index contributed by atoms with van der Waals surface area (Å²) in [6.07, 6.45) is 12.3. The van der Waals surface area contributed by atoms with Crippen LogP contribution in [-0.2, 0) is 33.5 Å². The second-order valence-electron chi connectivity index (χ2n) is 11.0. The number of hydrogen-bond acceptors (Lipinski definition) is 8. The fraction of sp³-hybridized carbons (Fsp3) is 0.486. The van der Waals surface area contributed by atoms with E-state index in [4.69, 9.17) is 28.0 Å². The molecule has 4 rings (SSSR count). The maximum absolute atomic E-state index is 5.96. The van der Waals surface area contributed by atoms with Crippen molar-refractivity contribution in [2.24, 2.45) is 0 Å². The summed E-state index contributed by atoms with van der Waals surface area (Å²) in [6, 6.07) is 12.1. The van der Waals surface area contributed by atoms with Gasteiger partial charge in [-0.2, -0.15) is 0 Å². The number of benzene rings is 1. The van der Waals surface area contributed by atoms with Gasteiger partial charge in [0, 0.05) is 44.8 Å². The Balaban J connectivity index is 1.00. The maximum Gasteiger partial charge on any atom is 0.137 e. The summed E-state index contributed by atoms with van der Waals surface area (Å²) in [5, 5.41) is 8.25. The third-order valence-electron chi connectivity index (χ3n) is 7.14. The highest BCUT2D eigenvalue weighted by Crippen LogP contribution is 2.27. The van der Waals surface area contributed by atoms with Crippen molar-refractivity contribution in [3.63, 3.8) is 0 Å². The lowest BCUT2D eigenvalue weighted by molar-refractivity contribution is 0.0974.